The van der Waals surface area contributed by atoms with E-state index in [0.717, 1.165) is 43.5 Å². The van der Waals surface area contributed by atoms with Crippen molar-refractivity contribution in [3.8, 4) is 11.3 Å². The summed E-state index contributed by atoms with van der Waals surface area (Å²) >= 11 is 12.7. The molecule has 0 radical (unpaired) electrons. The molecule has 0 aliphatic rings. The zero-order valence-electron chi connectivity index (χ0n) is 13.8. The molecule has 0 saturated heterocycles. The number of fused-ring (bicyclic) bond motifs is 1. The van der Waals surface area contributed by atoms with E-state index in [9.17, 15) is 0 Å². The largest absolute Gasteiger partial charge is 0.354 e. The zero-order chi connectivity index (χ0) is 17.1. The highest BCUT2D eigenvalue weighted by molar-refractivity contribution is 6.35. The summed E-state index contributed by atoms with van der Waals surface area (Å²) in [5.74, 6) is 0. The molecular formula is C20H22Cl2N2. The van der Waals surface area contributed by atoms with Crippen LogP contribution in [0.1, 0.15) is 30.9 Å². The van der Waals surface area contributed by atoms with Crippen LogP contribution in [-0.4, -0.2) is 11.5 Å². The normalized spacial score (nSPS) is 11.3. The number of nitrogens with two attached hydrogens (primary N) is 1. The Morgan fingerprint density at radius 2 is 1.92 bits per heavy atom. The van der Waals surface area contributed by atoms with Crippen molar-refractivity contribution < 1.29 is 0 Å². The second-order valence-corrected chi connectivity index (χ2v) is 6.89. The van der Waals surface area contributed by atoms with Crippen molar-refractivity contribution in [2.24, 2.45) is 5.73 Å². The van der Waals surface area contributed by atoms with Crippen LogP contribution in [0.5, 0.6) is 0 Å². The molecule has 0 aliphatic heterocycles. The Labute approximate surface area is 153 Å². The fourth-order valence-electron chi connectivity index (χ4n) is 3.25. The number of para-hydroxylation sites is 1. The summed E-state index contributed by atoms with van der Waals surface area (Å²) < 4.78 is 0. The number of hydrogen-bond donors (Lipinski definition) is 2. The molecule has 3 rings (SSSR count). The highest BCUT2D eigenvalue weighted by atomic mass is 35.5. The third kappa shape index (κ3) is 3.32. The van der Waals surface area contributed by atoms with E-state index >= 15 is 0 Å². The van der Waals surface area contributed by atoms with Gasteiger partial charge in [0.05, 0.1) is 5.69 Å². The molecule has 0 fully saturated rings. The van der Waals surface area contributed by atoms with Gasteiger partial charge in [0.1, 0.15) is 0 Å². The molecule has 0 saturated carbocycles. The van der Waals surface area contributed by atoms with Crippen molar-refractivity contribution in [2.75, 3.05) is 6.54 Å². The first-order chi connectivity index (χ1) is 11.7. The van der Waals surface area contributed by atoms with Crippen LogP contribution in [0.4, 0.5) is 0 Å². The lowest BCUT2D eigenvalue weighted by Gasteiger charge is -2.07. The summed E-state index contributed by atoms with van der Waals surface area (Å²) in [6.45, 7) is 2.89. The lowest BCUT2D eigenvalue weighted by Crippen LogP contribution is -1.99. The van der Waals surface area contributed by atoms with E-state index in [-0.39, 0.29) is 0 Å². The molecule has 0 spiro atoms. The third-order valence-corrected chi connectivity index (χ3v) is 5.05. The number of rotatable bonds is 6. The fourth-order valence-corrected chi connectivity index (χ4v) is 3.64. The summed E-state index contributed by atoms with van der Waals surface area (Å²) in [4.78, 5) is 3.62. The Morgan fingerprint density at radius 1 is 1.08 bits per heavy atom. The molecule has 24 heavy (non-hydrogen) atoms. The highest BCUT2D eigenvalue weighted by Crippen LogP contribution is 2.37. The fraction of sp³-hybridized carbons (Fsp3) is 0.300. The lowest BCUT2D eigenvalue weighted by atomic mass is 9.99. The number of aryl methyl sites for hydroxylation is 2. The van der Waals surface area contributed by atoms with Crippen LogP contribution in [0.25, 0.3) is 22.2 Å². The van der Waals surface area contributed by atoms with Gasteiger partial charge in [-0.25, -0.2) is 0 Å². The number of nitrogens with one attached hydrogen (secondary N) is 1. The van der Waals surface area contributed by atoms with E-state index in [1.54, 1.807) is 0 Å². The predicted molar refractivity (Wildman–Crippen MR) is 105 cm³/mol. The number of halogens is 2. The van der Waals surface area contributed by atoms with Gasteiger partial charge in [-0.3, -0.25) is 0 Å². The molecule has 1 heterocycles. The van der Waals surface area contributed by atoms with Gasteiger partial charge >= 0.3 is 0 Å². The van der Waals surface area contributed by atoms with Crippen LogP contribution in [0.3, 0.4) is 0 Å². The van der Waals surface area contributed by atoms with E-state index in [0.29, 0.717) is 10.0 Å². The Hall–Kier alpha value is -1.48. The van der Waals surface area contributed by atoms with Gasteiger partial charge in [0.25, 0.3) is 0 Å². The minimum Gasteiger partial charge on any atom is -0.354 e. The molecule has 1 aromatic heterocycles. The quantitative estimate of drug-likeness (QED) is 0.521. The number of benzene rings is 2. The lowest BCUT2D eigenvalue weighted by molar-refractivity contribution is 0.748. The van der Waals surface area contributed by atoms with Crippen molar-refractivity contribution in [1.29, 1.82) is 0 Å². The van der Waals surface area contributed by atoms with Gasteiger partial charge in [-0.05, 0) is 61.6 Å². The van der Waals surface area contributed by atoms with Gasteiger partial charge in [-0.15, -0.1) is 0 Å². The van der Waals surface area contributed by atoms with Gasteiger partial charge in [0.15, 0.2) is 0 Å². The monoisotopic (exact) mass is 360 g/mol. The average molecular weight is 361 g/mol. The summed E-state index contributed by atoms with van der Waals surface area (Å²) in [6.07, 6.45) is 4.04. The molecule has 2 aromatic carbocycles. The Bertz CT molecular complexity index is 852. The molecule has 4 heteroatoms. The van der Waals surface area contributed by atoms with Crippen molar-refractivity contribution >= 4 is 34.1 Å². The van der Waals surface area contributed by atoms with E-state index in [1.807, 2.05) is 18.2 Å². The summed E-state index contributed by atoms with van der Waals surface area (Å²) in [7, 11) is 0. The third-order valence-electron chi connectivity index (χ3n) is 4.49. The first kappa shape index (κ1) is 17.3. The average Bonchev–Trinajstić information content (AvgIpc) is 2.96. The SMILES string of the molecule is CCc1cccc2c(CCCCN)c(-c3cc(Cl)ccc3Cl)[nH]c12. The van der Waals surface area contributed by atoms with Gasteiger partial charge < -0.3 is 10.7 Å². The maximum Gasteiger partial charge on any atom is 0.0513 e. The molecule has 3 aromatic rings. The van der Waals surface area contributed by atoms with Crippen molar-refractivity contribution in [3.05, 3.63) is 57.6 Å². The summed E-state index contributed by atoms with van der Waals surface area (Å²) in [6, 6.07) is 12.1. The second-order valence-electron chi connectivity index (χ2n) is 6.04. The summed E-state index contributed by atoms with van der Waals surface area (Å²) in [5.41, 5.74) is 11.5. The van der Waals surface area contributed by atoms with Crippen molar-refractivity contribution in [3.63, 3.8) is 0 Å². The number of hydrogen-bond acceptors (Lipinski definition) is 1. The topological polar surface area (TPSA) is 41.8 Å². The van der Waals surface area contributed by atoms with Gasteiger partial charge in [0, 0.05) is 26.5 Å². The number of aromatic amines is 1. The molecule has 0 atom stereocenters. The van der Waals surface area contributed by atoms with Crippen LogP contribution in [0, 0.1) is 0 Å². The van der Waals surface area contributed by atoms with E-state index in [4.69, 9.17) is 28.9 Å². The number of H-pyrrole nitrogens is 1. The molecule has 0 amide bonds. The standard InChI is InChI=1S/C20H22Cl2N2/c1-2-13-6-5-8-15-16(7-3-4-11-23)20(24-19(13)15)17-12-14(21)9-10-18(17)22/h5-6,8-10,12,24H,2-4,7,11,23H2,1H3. The Balaban J connectivity index is 2.21. The van der Waals surface area contributed by atoms with Crippen LogP contribution >= 0.6 is 23.2 Å². The minimum absolute atomic E-state index is 0.691. The predicted octanol–water partition coefficient (Wildman–Crippen LogP) is 5.99. The molecule has 0 aliphatic carbocycles. The molecule has 2 nitrogen and oxygen atoms in total. The molecule has 3 N–H and O–H groups in total. The summed E-state index contributed by atoms with van der Waals surface area (Å²) in [5, 5.41) is 2.68. The first-order valence-electron chi connectivity index (χ1n) is 8.43. The second kappa shape index (κ2) is 7.60. The number of aromatic nitrogens is 1. The van der Waals surface area contributed by atoms with Gasteiger partial charge in [0.2, 0.25) is 0 Å². The van der Waals surface area contributed by atoms with Crippen LogP contribution < -0.4 is 5.73 Å². The maximum absolute atomic E-state index is 6.47. The van der Waals surface area contributed by atoms with Gasteiger partial charge in [-0.2, -0.15) is 0 Å². The molecule has 0 unspecified atom stereocenters. The highest BCUT2D eigenvalue weighted by Gasteiger charge is 2.17. The van der Waals surface area contributed by atoms with E-state index in [1.165, 1.54) is 22.0 Å². The Kier molecular flexibility index (Phi) is 5.50. The van der Waals surface area contributed by atoms with Crippen LogP contribution in [-0.2, 0) is 12.8 Å². The zero-order valence-corrected chi connectivity index (χ0v) is 15.3. The minimum atomic E-state index is 0.691. The number of unbranched alkanes of at least 4 members (excludes halogenated alkanes) is 1. The van der Waals surface area contributed by atoms with Crippen molar-refractivity contribution in [2.45, 2.75) is 32.6 Å². The van der Waals surface area contributed by atoms with E-state index in [2.05, 4.69) is 30.1 Å². The van der Waals surface area contributed by atoms with Crippen LogP contribution in [0.15, 0.2) is 36.4 Å². The first-order valence-corrected chi connectivity index (χ1v) is 9.19. The molecular weight excluding hydrogens is 339 g/mol. The van der Waals surface area contributed by atoms with Crippen molar-refractivity contribution in [1.82, 2.24) is 4.98 Å². The van der Waals surface area contributed by atoms with Crippen LogP contribution in [0.2, 0.25) is 10.0 Å². The van der Waals surface area contributed by atoms with E-state index < -0.39 is 0 Å². The Morgan fingerprint density at radius 3 is 2.67 bits per heavy atom. The molecule has 126 valence electrons. The smallest absolute Gasteiger partial charge is 0.0513 e. The maximum atomic E-state index is 6.47. The molecule has 0 bridgehead atoms. The van der Waals surface area contributed by atoms with Gasteiger partial charge in [-0.1, -0.05) is 48.3 Å².